The summed E-state index contributed by atoms with van der Waals surface area (Å²) < 4.78 is 12.3. The number of nitrogens with zero attached hydrogens (tertiary/aromatic N) is 2. The molecule has 0 aliphatic carbocycles. The molecule has 0 radical (unpaired) electrons. The molecule has 0 saturated carbocycles. The van der Waals surface area contributed by atoms with Crippen LogP contribution in [0.25, 0.3) is 0 Å². The van der Waals surface area contributed by atoms with E-state index in [4.69, 9.17) is 9.15 Å². The average Bonchev–Trinajstić information content (AvgIpc) is 3.05. The highest BCUT2D eigenvalue weighted by Gasteiger charge is 2.15. The zero-order chi connectivity index (χ0) is 16.8. The van der Waals surface area contributed by atoms with Crippen molar-refractivity contribution in [3.8, 4) is 0 Å². The van der Waals surface area contributed by atoms with Gasteiger partial charge in [-0.3, -0.25) is 10.00 Å². The number of methoxy groups -OCH3 is 1. The number of aromatic nitrogens is 2. The van der Waals surface area contributed by atoms with E-state index in [1.54, 1.807) is 17.9 Å². The zero-order valence-corrected chi connectivity index (χ0v) is 14.0. The van der Waals surface area contributed by atoms with Gasteiger partial charge in [0.05, 0.1) is 6.04 Å². The predicted molar refractivity (Wildman–Crippen MR) is 87.5 cm³/mol. The highest BCUT2D eigenvalue weighted by Crippen LogP contribution is 2.21. The molecule has 0 aromatic carbocycles. The molecule has 23 heavy (non-hydrogen) atoms. The van der Waals surface area contributed by atoms with Crippen molar-refractivity contribution in [2.24, 2.45) is 0 Å². The molecule has 2 N–H and O–H groups in total. The molecular formula is C16H24N4O3. The van der Waals surface area contributed by atoms with Gasteiger partial charge in [0.25, 0.3) is 0 Å². The van der Waals surface area contributed by atoms with Crippen LogP contribution in [0.4, 0.5) is 10.6 Å². The van der Waals surface area contributed by atoms with Crippen molar-refractivity contribution in [3.63, 3.8) is 0 Å². The number of hydrogen-bond donors (Lipinski definition) is 2. The van der Waals surface area contributed by atoms with Crippen LogP contribution in [0.15, 0.2) is 22.7 Å². The first-order chi connectivity index (χ1) is 11.0. The van der Waals surface area contributed by atoms with Gasteiger partial charge in [-0.25, -0.2) is 4.79 Å². The molecule has 7 nitrogen and oxygen atoms in total. The van der Waals surface area contributed by atoms with Crippen LogP contribution >= 0.6 is 0 Å². The van der Waals surface area contributed by atoms with Crippen molar-refractivity contribution >= 4 is 11.8 Å². The number of amides is 2. The summed E-state index contributed by atoms with van der Waals surface area (Å²) in [5.74, 6) is 2.17. The first-order valence-electron chi connectivity index (χ1n) is 7.66. The van der Waals surface area contributed by atoms with Crippen LogP contribution in [0, 0.1) is 13.8 Å². The van der Waals surface area contributed by atoms with E-state index in [0.717, 1.165) is 30.0 Å². The summed E-state index contributed by atoms with van der Waals surface area (Å²) >= 11 is 0. The van der Waals surface area contributed by atoms with Gasteiger partial charge in [0.2, 0.25) is 0 Å². The highest BCUT2D eigenvalue weighted by molar-refractivity contribution is 5.88. The lowest BCUT2D eigenvalue weighted by atomic mass is 10.1. The maximum Gasteiger partial charge on any atom is 0.320 e. The molecule has 2 aromatic heterocycles. The quantitative estimate of drug-likeness (QED) is 0.768. The van der Waals surface area contributed by atoms with Crippen molar-refractivity contribution in [1.82, 2.24) is 15.1 Å². The van der Waals surface area contributed by atoms with Gasteiger partial charge in [0, 0.05) is 38.1 Å². The van der Waals surface area contributed by atoms with Crippen LogP contribution in [-0.4, -0.2) is 29.5 Å². The van der Waals surface area contributed by atoms with Crippen LogP contribution in [0.2, 0.25) is 0 Å². The SMILES string of the molecule is COCCCn1ccc(NC(=O)N[C@@H](C)c2cc(C)oc2C)n1. The Morgan fingerprint density at radius 1 is 1.48 bits per heavy atom. The van der Waals surface area contributed by atoms with Crippen molar-refractivity contribution in [2.75, 3.05) is 19.0 Å². The Balaban J connectivity index is 1.86. The molecule has 2 aromatic rings. The number of hydrogen-bond acceptors (Lipinski definition) is 4. The Kier molecular flexibility index (Phi) is 5.81. The predicted octanol–water partition coefficient (Wildman–Crippen LogP) is 3.01. The number of furan rings is 1. The highest BCUT2D eigenvalue weighted by atomic mass is 16.5. The van der Waals surface area contributed by atoms with Crippen LogP contribution in [-0.2, 0) is 11.3 Å². The van der Waals surface area contributed by atoms with Gasteiger partial charge in [-0.2, -0.15) is 5.10 Å². The lowest BCUT2D eigenvalue weighted by molar-refractivity contribution is 0.189. The number of carbonyl (C=O) groups is 1. The van der Waals surface area contributed by atoms with Gasteiger partial charge in [-0.05, 0) is 33.3 Å². The number of nitrogens with one attached hydrogen (secondary N) is 2. The van der Waals surface area contributed by atoms with Crippen LogP contribution in [0.5, 0.6) is 0 Å². The summed E-state index contributed by atoms with van der Waals surface area (Å²) in [7, 11) is 1.67. The third kappa shape index (κ3) is 4.85. The van der Waals surface area contributed by atoms with Gasteiger partial charge in [0.15, 0.2) is 5.82 Å². The van der Waals surface area contributed by atoms with Crippen molar-refractivity contribution in [2.45, 2.75) is 39.8 Å². The van der Waals surface area contributed by atoms with Gasteiger partial charge in [-0.1, -0.05) is 0 Å². The first kappa shape index (κ1) is 17.1. The standard InChI is InChI=1S/C16H24N4O3/c1-11-10-14(13(3)23-11)12(2)17-16(21)18-15-6-8-20(19-15)7-5-9-22-4/h6,8,10,12H,5,7,9H2,1-4H3,(H2,17,18,19,21)/t12-/m0/s1. The van der Waals surface area contributed by atoms with E-state index in [2.05, 4.69) is 15.7 Å². The molecule has 1 atom stereocenters. The lowest BCUT2D eigenvalue weighted by Crippen LogP contribution is -2.31. The minimum absolute atomic E-state index is 0.142. The van der Waals surface area contributed by atoms with E-state index >= 15 is 0 Å². The van der Waals surface area contributed by atoms with Crippen molar-refractivity contribution in [3.05, 3.63) is 35.4 Å². The molecule has 0 spiro atoms. The van der Waals surface area contributed by atoms with Gasteiger partial charge < -0.3 is 14.5 Å². The minimum atomic E-state index is -0.294. The second-order valence-corrected chi connectivity index (χ2v) is 5.50. The Labute approximate surface area is 136 Å². The molecule has 0 aliphatic heterocycles. The lowest BCUT2D eigenvalue weighted by Gasteiger charge is -2.13. The number of anilines is 1. The minimum Gasteiger partial charge on any atom is -0.466 e. The average molecular weight is 320 g/mol. The molecule has 0 bridgehead atoms. The molecule has 0 unspecified atom stereocenters. The van der Waals surface area contributed by atoms with E-state index in [1.807, 2.05) is 33.0 Å². The summed E-state index contributed by atoms with van der Waals surface area (Å²) in [6, 6.07) is 3.27. The van der Waals surface area contributed by atoms with E-state index < -0.39 is 0 Å². The second kappa shape index (κ2) is 7.82. The molecule has 0 saturated heterocycles. The summed E-state index contributed by atoms with van der Waals surface area (Å²) in [5.41, 5.74) is 0.975. The zero-order valence-electron chi connectivity index (χ0n) is 14.0. The summed E-state index contributed by atoms with van der Waals surface area (Å²) in [4.78, 5) is 12.1. The molecule has 2 heterocycles. The van der Waals surface area contributed by atoms with E-state index in [9.17, 15) is 4.79 Å². The van der Waals surface area contributed by atoms with Gasteiger partial charge in [0.1, 0.15) is 11.5 Å². The Morgan fingerprint density at radius 2 is 2.26 bits per heavy atom. The first-order valence-corrected chi connectivity index (χ1v) is 7.66. The van der Waals surface area contributed by atoms with Crippen LogP contribution in [0.1, 0.15) is 36.5 Å². The number of carbonyl (C=O) groups excluding carboxylic acids is 1. The largest absolute Gasteiger partial charge is 0.466 e. The topological polar surface area (TPSA) is 81.3 Å². The fourth-order valence-corrected chi connectivity index (χ4v) is 2.43. The monoisotopic (exact) mass is 320 g/mol. The third-order valence-corrected chi connectivity index (χ3v) is 3.51. The van der Waals surface area contributed by atoms with E-state index in [-0.39, 0.29) is 12.1 Å². The Morgan fingerprint density at radius 3 is 2.91 bits per heavy atom. The number of urea groups is 1. The molecule has 2 rings (SSSR count). The van der Waals surface area contributed by atoms with Gasteiger partial charge >= 0.3 is 6.03 Å². The molecular weight excluding hydrogens is 296 g/mol. The molecule has 126 valence electrons. The molecule has 0 fully saturated rings. The van der Waals surface area contributed by atoms with E-state index in [0.29, 0.717) is 12.4 Å². The number of rotatable bonds is 7. The Hall–Kier alpha value is -2.28. The maximum atomic E-state index is 12.1. The summed E-state index contributed by atoms with van der Waals surface area (Å²) in [6.07, 6.45) is 2.71. The van der Waals surface area contributed by atoms with Crippen LogP contribution < -0.4 is 10.6 Å². The smallest absolute Gasteiger partial charge is 0.320 e. The normalized spacial score (nSPS) is 12.2. The number of ether oxygens (including phenoxy) is 1. The third-order valence-electron chi connectivity index (χ3n) is 3.51. The summed E-state index contributed by atoms with van der Waals surface area (Å²) in [6.45, 7) is 7.13. The van der Waals surface area contributed by atoms with E-state index in [1.165, 1.54) is 0 Å². The van der Waals surface area contributed by atoms with Crippen molar-refractivity contribution < 1.29 is 13.9 Å². The molecule has 7 heteroatoms. The molecule has 2 amide bonds. The fourth-order valence-electron chi connectivity index (χ4n) is 2.43. The van der Waals surface area contributed by atoms with Crippen molar-refractivity contribution in [1.29, 1.82) is 0 Å². The maximum absolute atomic E-state index is 12.1. The van der Waals surface area contributed by atoms with Crippen LogP contribution in [0.3, 0.4) is 0 Å². The second-order valence-electron chi connectivity index (χ2n) is 5.50. The summed E-state index contributed by atoms with van der Waals surface area (Å²) in [5, 5.41) is 9.91. The van der Waals surface area contributed by atoms with Gasteiger partial charge in [-0.15, -0.1) is 0 Å². The molecule has 0 aliphatic rings. The number of aryl methyl sites for hydroxylation is 3. The fraction of sp³-hybridized carbons (Fsp3) is 0.500. The Bertz CT molecular complexity index is 648.